The van der Waals surface area contributed by atoms with Crippen LogP contribution in [0.4, 0.5) is 5.69 Å². The Balaban J connectivity index is 1.88. The van der Waals surface area contributed by atoms with Crippen molar-refractivity contribution in [2.75, 3.05) is 31.6 Å². The van der Waals surface area contributed by atoms with Gasteiger partial charge in [0, 0.05) is 29.3 Å². The number of hydrogen-bond donors (Lipinski definition) is 2. The fraction of sp³-hybridized carbons (Fsp3) is 0.533. The van der Waals surface area contributed by atoms with E-state index >= 15 is 0 Å². The quantitative estimate of drug-likeness (QED) is 0.897. The molecule has 0 aromatic heterocycles. The Hall–Kier alpha value is -1.10. The first-order chi connectivity index (χ1) is 9.50. The van der Waals surface area contributed by atoms with Crippen LogP contribution in [0.25, 0.3) is 0 Å². The van der Waals surface area contributed by atoms with Crippen molar-refractivity contribution in [3.8, 4) is 0 Å². The van der Waals surface area contributed by atoms with Crippen molar-refractivity contribution in [1.29, 1.82) is 0 Å². The molecule has 1 heterocycles. The van der Waals surface area contributed by atoms with Gasteiger partial charge in [-0.2, -0.15) is 0 Å². The first-order valence-corrected chi connectivity index (χ1v) is 7.27. The molecule has 0 saturated carbocycles. The lowest BCUT2D eigenvalue weighted by molar-refractivity contribution is -0.118. The highest BCUT2D eigenvalue weighted by molar-refractivity contribution is 6.30. The number of piperidine rings is 1. The standard InChI is InChI=1S/C15H21ClN2O2/c1-15(11-19)6-3-7-18(10-15)9-14(20)17-13-5-2-4-12(16)8-13/h2,4-5,8,19H,3,6-7,9-11H2,1H3,(H,17,20). The van der Waals surface area contributed by atoms with E-state index in [9.17, 15) is 9.90 Å². The lowest BCUT2D eigenvalue weighted by Gasteiger charge is -2.38. The zero-order valence-corrected chi connectivity index (χ0v) is 12.5. The highest BCUT2D eigenvalue weighted by Gasteiger charge is 2.30. The number of carbonyl (C=O) groups is 1. The zero-order chi connectivity index (χ0) is 14.6. The SMILES string of the molecule is CC1(CO)CCCN(CC(=O)Nc2cccc(Cl)c2)C1. The Bertz CT molecular complexity index is 481. The summed E-state index contributed by atoms with van der Waals surface area (Å²) in [4.78, 5) is 14.1. The topological polar surface area (TPSA) is 52.6 Å². The Morgan fingerprint density at radius 2 is 2.35 bits per heavy atom. The average molecular weight is 297 g/mol. The summed E-state index contributed by atoms with van der Waals surface area (Å²) in [6.07, 6.45) is 2.03. The molecular formula is C15H21ClN2O2. The highest BCUT2D eigenvalue weighted by atomic mass is 35.5. The maximum Gasteiger partial charge on any atom is 0.238 e. The van der Waals surface area contributed by atoms with E-state index in [1.54, 1.807) is 12.1 Å². The number of amides is 1. The third-order valence-electron chi connectivity index (χ3n) is 3.72. The molecular weight excluding hydrogens is 276 g/mol. The van der Waals surface area contributed by atoms with Crippen molar-refractivity contribution >= 4 is 23.2 Å². The molecule has 1 amide bonds. The van der Waals surface area contributed by atoms with E-state index in [4.69, 9.17) is 11.6 Å². The predicted octanol–water partition coefficient (Wildman–Crippen LogP) is 2.37. The molecule has 4 nitrogen and oxygen atoms in total. The van der Waals surface area contributed by atoms with Crippen LogP contribution in [0, 0.1) is 5.41 Å². The number of anilines is 1. The van der Waals surface area contributed by atoms with Crippen molar-refractivity contribution in [1.82, 2.24) is 4.90 Å². The number of aliphatic hydroxyl groups is 1. The number of rotatable bonds is 4. The van der Waals surface area contributed by atoms with E-state index in [0.29, 0.717) is 17.3 Å². The van der Waals surface area contributed by atoms with Crippen molar-refractivity contribution < 1.29 is 9.90 Å². The monoisotopic (exact) mass is 296 g/mol. The summed E-state index contributed by atoms with van der Waals surface area (Å²) in [5.41, 5.74) is 0.624. The van der Waals surface area contributed by atoms with E-state index in [1.807, 2.05) is 12.1 Å². The fourth-order valence-corrected chi connectivity index (χ4v) is 2.85. The summed E-state index contributed by atoms with van der Waals surface area (Å²) in [5, 5.41) is 12.9. The van der Waals surface area contributed by atoms with Gasteiger partial charge in [0.25, 0.3) is 0 Å². The third-order valence-corrected chi connectivity index (χ3v) is 3.95. The summed E-state index contributed by atoms with van der Waals surface area (Å²) in [6, 6.07) is 7.13. The summed E-state index contributed by atoms with van der Waals surface area (Å²) < 4.78 is 0. The summed E-state index contributed by atoms with van der Waals surface area (Å²) in [5.74, 6) is -0.0468. The van der Waals surface area contributed by atoms with Crippen LogP contribution in [0.1, 0.15) is 19.8 Å². The average Bonchev–Trinajstić information content (AvgIpc) is 2.38. The van der Waals surface area contributed by atoms with E-state index in [0.717, 1.165) is 25.9 Å². The number of aliphatic hydroxyl groups excluding tert-OH is 1. The minimum Gasteiger partial charge on any atom is -0.396 e. The summed E-state index contributed by atoms with van der Waals surface area (Å²) >= 11 is 5.89. The van der Waals surface area contributed by atoms with Crippen molar-refractivity contribution in [2.24, 2.45) is 5.41 Å². The van der Waals surface area contributed by atoms with Crippen LogP contribution in [0.3, 0.4) is 0 Å². The number of nitrogens with one attached hydrogen (secondary N) is 1. The van der Waals surface area contributed by atoms with Crippen LogP contribution in [-0.2, 0) is 4.79 Å². The van der Waals surface area contributed by atoms with Gasteiger partial charge in [-0.15, -0.1) is 0 Å². The number of carbonyl (C=O) groups excluding carboxylic acids is 1. The van der Waals surface area contributed by atoms with Gasteiger partial charge >= 0.3 is 0 Å². The molecule has 2 rings (SSSR count). The molecule has 1 aromatic carbocycles. The van der Waals surface area contributed by atoms with Gasteiger partial charge in [0.05, 0.1) is 6.54 Å². The molecule has 1 aliphatic heterocycles. The molecule has 20 heavy (non-hydrogen) atoms. The van der Waals surface area contributed by atoms with Gasteiger partial charge in [-0.1, -0.05) is 24.6 Å². The molecule has 0 spiro atoms. The second kappa shape index (κ2) is 6.57. The lowest BCUT2D eigenvalue weighted by atomic mass is 9.83. The molecule has 5 heteroatoms. The number of benzene rings is 1. The van der Waals surface area contributed by atoms with Gasteiger partial charge in [0.2, 0.25) is 5.91 Å². The molecule has 0 aliphatic carbocycles. The molecule has 1 saturated heterocycles. The van der Waals surface area contributed by atoms with Crippen molar-refractivity contribution in [2.45, 2.75) is 19.8 Å². The van der Waals surface area contributed by atoms with Crippen LogP contribution >= 0.6 is 11.6 Å². The van der Waals surface area contributed by atoms with Crippen LogP contribution in [-0.4, -0.2) is 42.2 Å². The van der Waals surface area contributed by atoms with Crippen molar-refractivity contribution in [3.63, 3.8) is 0 Å². The Kier molecular flexibility index (Phi) is 5.02. The van der Waals surface area contributed by atoms with Crippen LogP contribution < -0.4 is 5.32 Å². The Labute approximate surface area is 124 Å². The fourth-order valence-electron chi connectivity index (χ4n) is 2.66. The first kappa shape index (κ1) is 15.3. The lowest BCUT2D eigenvalue weighted by Crippen LogP contribution is -2.46. The third kappa shape index (κ3) is 4.20. The molecule has 1 atom stereocenters. The van der Waals surface area contributed by atoms with Gasteiger partial charge in [0.15, 0.2) is 0 Å². The van der Waals surface area contributed by atoms with Crippen LogP contribution in [0.5, 0.6) is 0 Å². The van der Waals surface area contributed by atoms with Gasteiger partial charge in [-0.05, 0) is 37.6 Å². The number of likely N-dealkylation sites (tertiary alicyclic amines) is 1. The van der Waals surface area contributed by atoms with E-state index in [1.165, 1.54) is 0 Å². The normalized spacial score (nSPS) is 23.6. The highest BCUT2D eigenvalue weighted by Crippen LogP contribution is 2.28. The first-order valence-electron chi connectivity index (χ1n) is 6.89. The van der Waals surface area contributed by atoms with Crippen LogP contribution in [0.2, 0.25) is 5.02 Å². The van der Waals surface area contributed by atoms with Gasteiger partial charge in [0.1, 0.15) is 0 Å². The van der Waals surface area contributed by atoms with E-state index in [2.05, 4.69) is 17.1 Å². The Morgan fingerprint density at radius 3 is 3.05 bits per heavy atom. The Morgan fingerprint density at radius 1 is 1.55 bits per heavy atom. The van der Waals surface area contributed by atoms with Gasteiger partial charge in [-0.25, -0.2) is 0 Å². The van der Waals surface area contributed by atoms with E-state index in [-0.39, 0.29) is 17.9 Å². The maximum atomic E-state index is 12.0. The number of nitrogens with zero attached hydrogens (tertiary/aromatic N) is 1. The molecule has 0 bridgehead atoms. The van der Waals surface area contributed by atoms with Gasteiger partial charge < -0.3 is 10.4 Å². The molecule has 0 radical (unpaired) electrons. The molecule has 1 fully saturated rings. The zero-order valence-electron chi connectivity index (χ0n) is 11.7. The van der Waals surface area contributed by atoms with Crippen LogP contribution in [0.15, 0.2) is 24.3 Å². The van der Waals surface area contributed by atoms with Gasteiger partial charge in [-0.3, -0.25) is 9.69 Å². The second-order valence-corrected chi connectivity index (χ2v) is 6.28. The smallest absolute Gasteiger partial charge is 0.238 e. The molecule has 110 valence electrons. The molecule has 1 unspecified atom stereocenters. The molecule has 2 N–H and O–H groups in total. The minimum atomic E-state index is -0.0887. The minimum absolute atomic E-state index is 0.0468. The largest absolute Gasteiger partial charge is 0.396 e. The predicted molar refractivity (Wildman–Crippen MR) is 80.9 cm³/mol. The summed E-state index contributed by atoms with van der Waals surface area (Å²) in [7, 11) is 0. The van der Waals surface area contributed by atoms with Crippen molar-refractivity contribution in [3.05, 3.63) is 29.3 Å². The molecule has 1 aliphatic rings. The number of halogens is 1. The number of hydrogen-bond acceptors (Lipinski definition) is 3. The maximum absolute atomic E-state index is 12.0. The van der Waals surface area contributed by atoms with E-state index < -0.39 is 0 Å². The summed E-state index contributed by atoms with van der Waals surface area (Å²) in [6.45, 7) is 4.24. The molecule has 1 aromatic rings. The second-order valence-electron chi connectivity index (χ2n) is 5.84.